The van der Waals surface area contributed by atoms with Crippen LogP contribution in [0.2, 0.25) is 0 Å². The van der Waals surface area contributed by atoms with Crippen LogP contribution in [-0.4, -0.2) is 28.8 Å². The van der Waals surface area contributed by atoms with Gasteiger partial charge < -0.3 is 10.2 Å². The van der Waals surface area contributed by atoms with Gasteiger partial charge >= 0.3 is 0 Å². The quantitative estimate of drug-likeness (QED) is 0.708. The highest BCUT2D eigenvalue weighted by Gasteiger charge is 2.30. The van der Waals surface area contributed by atoms with Crippen LogP contribution in [0.25, 0.3) is 0 Å². The summed E-state index contributed by atoms with van der Waals surface area (Å²) in [5.74, 6) is -0.598. The fraction of sp³-hybridized carbons (Fsp3) is 0.391. The Bertz CT molecular complexity index is 762. The Labute approximate surface area is 166 Å². The van der Waals surface area contributed by atoms with Gasteiger partial charge in [0.2, 0.25) is 11.8 Å². The Hall–Kier alpha value is -2.69. The number of benzene rings is 2. The third kappa shape index (κ3) is 6.19. The van der Waals surface area contributed by atoms with Crippen LogP contribution in [-0.2, 0) is 22.6 Å². The highest BCUT2D eigenvalue weighted by molar-refractivity contribution is 5.88. The van der Waals surface area contributed by atoms with Crippen molar-refractivity contribution < 1.29 is 14.0 Å². The minimum atomic E-state index is -0.631. The number of nitrogens with zero attached hydrogens (tertiary/aromatic N) is 1. The summed E-state index contributed by atoms with van der Waals surface area (Å²) in [5, 5.41) is 3.01. The molecule has 0 aliphatic heterocycles. The highest BCUT2D eigenvalue weighted by atomic mass is 19.1. The van der Waals surface area contributed by atoms with E-state index < -0.39 is 6.04 Å². The molecule has 4 nitrogen and oxygen atoms in total. The first-order valence-corrected chi connectivity index (χ1v) is 9.82. The molecule has 0 saturated heterocycles. The van der Waals surface area contributed by atoms with Crippen LogP contribution < -0.4 is 5.32 Å². The zero-order valence-electron chi connectivity index (χ0n) is 16.8. The van der Waals surface area contributed by atoms with Crippen molar-refractivity contribution in [1.29, 1.82) is 0 Å². The maximum atomic E-state index is 13.3. The number of rotatable bonds is 9. The first kappa shape index (κ1) is 21.6. The molecule has 28 heavy (non-hydrogen) atoms. The summed E-state index contributed by atoms with van der Waals surface area (Å²) in [6.07, 6.45) is 1.53. The van der Waals surface area contributed by atoms with Crippen molar-refractivity contribution in [2.45, 2.75) is 58.7 Å². The second-order valence-electron chi connectivity index (χ2n) is 7.03. The van der Waals surface area contributed by atoms with Crippen LogP contribution in [0, 0.1) is 5.82 Å². The molecule has 2 atom stereocenters. The lowest BCUT2D eigenvalue weighted by atomic mass is 10.0. The Morgan fingerprint density at radius 3 is 2.21 bits per heavy atom. The van der Waals surface area contributed by atoms with E-state index >= 15 is 0 Å². The van der Waals surface area contributed by atoms with Gasteiger partial charge in [-0.25, -0.2) is 4.39 Å². The maximum Gasteiger partial charge on any atom is 0.243 e. The largest absolute Gasteiger partial charge is 0.352 e. The van der Waals surface area contributed by atoms with Crippen molar-refractivity contribution in [3.05, 3.63) is 71.5 Å². The summed E-state index contributed by atoms with van der Waals surface area (Å²) in [5.41, 5.74) is 1.78. The monoisotopic (exact) mass is 384 g/mol. The van der Waals surface area contributed by atoms with Gasteiger partial charge in [-0.15, -0.1) is 0 Å². The predicted molar refractivity (Wildman–Crippen MR) is 109 cm³/mol. The number of nitrogens with one attached hydrogen (secondary N) is 1. The van der Waals surface area contributed by atoms with Gasteiger partial charge in [-0.05, 0) is 36.6 Å². The molecule has 0 fully saturated rings. The Morgan fingerprint density at radius 1 is 1.00 bits per heavy atom. The fourth-order valence-corrected chi connectivity index (χ4v) is 2.98. The highest BCUT2D eigenvalue weighted by Crippen LogP contribution is 2.16. The molecule has 0 heterocycles. The van der Waals surface area contributed by atoms with Crippen molar-refractivity contribution >= 4 is 11.8 Å². The van der Waals surface area contributed by atoms with Crippen LogP contribution in [0.3, 0.4) is 0 Å². The molecule has 0 saturated carbocycles. The van der Waals surface area contributed by atoms with Gasteiger partial charge in [0.15, 0.2) is 0 Å². The summed E-state index contributed by atoms with van der Waals surface area (Å²) >= 11 is 0. The zero-order chi connectivity index (χ0) is 20.5. The molecule has 0 radical (unpaired) electrons. The number of amides is 2. The lowest BCUT2D eigenvalue weighted by molar-refractivity contribution is -0.141. The van der Waals surface area contributed by atoms with E-state index in [-0.39, 0.29) is 30.2 Å². The standard InChI is InChI=1S/C23H29FN2O2/c1-4-17(3)25-23(28)21(15-18-9-7-6-8-10-18)26(22(27)5-2)16-19-11-13-20(24)14-12-19/h6-14,17,21H,4-5,15-16H2,1-3H3,(H,25,28)/t17-,21-/m1/s1. The second-order valence-corrected chi connectivity index (χ2v) is 7.03. The number of hydrogen-bond acceptors (Lipinski definition) is 2. The third-order valence-corrected chi connectivity index (χ3v) is 4.84. The molecule has 0 unspecified atom stereocenters. The number of carbonyl (C=O) groups is 2. The molecule has 2 rings (SSSR count). The lowest BCUT2D eigenvalue weighted by Crippen LogP contribution is -2.52. The van der Waals surface area contributed by atoms with Crippen molar-refractivity contribution in [3.8, 4) is 0 Å². The van der Waals surface area contributed by atoms with Crippen LogP contribution in [0.15, 0.2) is 54.6 Å². The summed E-state index contributed by atoms with van der Waals surface area (Å²) in [6.45, 7) is 6.00. The molecule has 0 aliphatic rings. The average Bonchev–Trinajstić information content (AvgIpc) is 2.71. The van der Waals surface area contributed by atoms with Gasteiger partial charge in [-0.1, -0.05) is 56.3 Å². The molecule has 150 valence electrons. The molecule has 1 N–H and O–H groups in total. The van der Waals surface area contributed by atoms with Crippen LogP contribution in [0.4, 0.5) is 4.39 Å². The van der Waals surface area contributed by atoms with Gasteiger partial charge in [0, 0.05) is 25.4 Å². The maximum absolute atomic E-state index is 13.3. The fourth-order valence-electron chi connectivity index (χ4n) is 2.98. The normalized spacial score (nSPS) is 12.9. The van der Waals surface area contributed by atoms with E-state index in [9.17, 15) is 14.0 Å². The van der Waals surface area contributed by atoms with Gasteiger partial charge in [0.25, 0.3) is 0 Å². The number of hydrogen-bond donors (Lipinski definition) is 1. The van der Waals surface area contributed by atoms with Crippen LogP contribution in [0.1, 0.15) is 44.7 Å². The smallest absolute Gasteiger partial charge is 0.243 e. The molecule has 0 aromatic heterocycles. The molecule has 2 amide bonds. The Balaban J connectivity index is 2.33. The van der Waals surface area contributed by atoms with Crippen molar-refractivity contribution in [2.24, 2.45) is 0 Å². The average molecular weight is 384 g/mol. The van der Waals surface area contributed by atoms with E-state index in [0.29, 0.717) is 12.8 Å². The Morgan fingerprint density at radius 2 is 1.64 bits per heavy atom. The van der Waals surface area contributed by atoms with Gasteiger partial charge in [0.05, 0.1) is 0 Å². The topological polar surface area (TPSA) is 49.4 Å². The van der Waals surface area contributed by atoms with Crippen LogP contribution >= 0.6 is 0 Å². The summed E-state index contributed by atoms with van der Waals surface area (Å²) < 4.78 is 13.3. The van der Waals surface area contributed by atoms with E-state index in [1.807, 2.05) is 44.2 Å². The van der Waals surface area contributed by atoms with E-state index in [2.05, 4.69) is 5.32 Å². The van der Waals surface area contributed by atoms with Crippen molar-refractivity contribution in [1.82, 2.24) is 10.2 Å². The van der Waals surface area contributed by atoms with E-state index in [1.54, 1.807) is 24.0 Å². The molecular formula is C23H29FN2O2. The van der Waals surface area contributed by atoms with Gasteiger partial charge in [-0.2, -0.15) is 0 Å². The van der Waals surface area contributed by atoms with Crippen molar-refractivity contribution in [2.75, 3.05) is 0 Å². The molecule has 0 spiro atoms. The van der Waals surface area contributed by atoms with Crippen LogP contribution in [0.5, 0.6) is 0 Å². The summed E-state index contributed by atoms with van der Waals surface area (Å²) in [4.78, 5) is 27.4. The predicted octanol–water partition coefficient (Wildman–Crippen LogP) is 4.09. The number of halogens is 1. The molecule has 5 heteroatoms. The minimum Gasteiger partial charge on any atom is -0.352 e. The summed E-state index contributed by atoms with van der Waals surface area (Å²) in [6, 6.07) is 15.1. The lowest BCUT2D eigenvalue weighted by Gasteiger charge is -2.32. The molecule has 0 aliphatic carbocycles. The zero-order valence-corrected chi connectivity index (χ0v) is 16.8. The molecule has 2 aromatic rings. The minimum absolute atomic E-state index is 0.0233. The van der Waals surface area contributed by atoms with Gasteiger partial charge in [0.1, 0.15) is 11.9 Å². The van der Waals surface area contributed by atoms with E-state index in [4.69, 9.17) is 0 Å². The second kappa shape index (κ2) is 10.6. The van der Waals surface area contributed by atoms with Gasteiger partial charge in [-0.3, -0.25) is 9.59 Å². The third-order valence-electron chi connectivity index (χ3n) is 4.84. The summed E-state index contributed by atoms with van der Waals surface area (Å²) in [7, 11) is 0. The SMILES string of the molecule is CCC(=O)N(Cc1ccc(F)cc1)[C@H](Cc1ccccc1)C(=O)N[C@H](C)CC. The Kier molecular flexibility index (Phi) is 8.18. The molecule has 0 bridgehead atoms. The van der Waals surface area contributed by atoms with E-state index in [0.717, 1.165) is 17.5 Å². The van der Waals surface area contributed by atoms with Crippen molar-refractivity contribution in [3.63, 3.8) is 0 Å². The first-order chi connectivity index (χ1) is 13.4. The van der Waals surface area contributed by atoms with E-state index in [1.165, 1.54) is 12.1 Å². The molecular weight excluding hydrogens is 355 g/mol. The molecule has 2 aromatic carbocycles. The number of carbonyl (C=O) groups excluding carboxylic acids is 2. The first-order valence-electron chi connectivity index (χ1n) is 9.82.